The molecule has 0 spiro atoms. The van der Waals surface area contributed by atoms with Gasteiger partial charge < -0.3 is 45.1 Å². The van der Waals surface area contributed by atoms with Crippen molar-refractivity contribution in [1.82, 2.24) is 5.32 Å². The molecule has 6 N–H and O–H groups in total. The molecule has 0 aromatic rings. The first-order valence-corrected chi connectivity index (χ1v) is 31.2. The molecule has 1 heterocycles. The zero-order valence-corrected chi connectivity index (χ0v) is 49.9. The molecule has 0 radical (unpaired) electrons. The van der Waals surface area contributed by atoms with Crippen molar-refractivity contribution in [1.29, 1.82) is 0 Å². The fourth-order valence-electron chi connectivity index (χ4n) is 8.74. The van der Waals surface area contributed by atoms with Crippen molar-refractivity contribution in [2.75, 3.05) is 13.2 Å². The SMILES string of the molecule is CC/C=C\C/C=C\C/C=C\C/C=C\C/C=C\C/C=C\CCCCCCCCCC(O)C(=O)NC(COC1OC(CO)C(O)C(O)C1OC(=O)CCC/C=C/C=C\C=C/C=C/C=C/CC)C(O)/C=C/CCCCCCCCCCCC. The summed E-state index contributed by atoms with van der Waals surface area (Å²) in [6.07, 6.45) is 69.0. The van der Waals surface area contributed by atoms with E-state index in [-0.39, 0.29) is 19.4 Å². The van der Waals surface area contributed by atoms with E-state index in [2.05, 4.69) is 105 Å². The molecule has 8 unspecified atom stereocenters. The average Bonchev–Trinajstić information content (AvgIpc) is 3.51. The smallest absolute Gasteiger partial charge is 0.306 e. The number of unbranched alkanes of at least 4 members (excludes halogenated alkanes) is 18. The summed E-state index contributed by atoms with van der Waals surface area (Å²) < 4.78 is 17.5. The summed E-state index contributed by atoms with van der Waals surface area (Å²) in [6, 6.07) is -1.05. The second-order valence-electron chi connectivity index (χ2n) is 20.8. The van der Waals surface area contributed by atoms with Crippen LogP contribution in [-0.4, -0.2) is 99.6 Å². The van der Waals surface area contributed by atoms with Crippen molar-refractivity contribution in [2.45, 2.75) is 262 Å². The molecule has 0 saturated carbocycles. The lowest BCUT2D eigenvalue weighted by Gasteiger charge is -2.41. The number of rotatable bonds is 50. The molecular weight excluding hydrogens is 1000 g/mol. The van der Waals surface area contributed by atoms with E-state index in [0.29, 0.717) is 19.3 Å². The molecule has 0 bridgehead atoms. The van der Waals surface area contributed by atoms with Crippen LogP contribution in [0.15, 0.2) is 146 Å². The van der Waals surface area contributed by atoms with Crippen LogP contribution in [0.1, 0.15) is 213 Å². The Morgan fingerprint density at radius 2 is 0.963 bits per heavy atom. The highest BCUT2D eigenvalue weighted by Crippen LogP contribution is 2.26. The molecule has 1 fully saturated rings. The van der Waals surface area contributed by atoms with Gasteiger partial charge in [-0.3, -0.25) is 9.59 Å². The van der Waals surface area contributed by atoms with Crippen LogP contribution < -0.4 is 5.32 Å². The van der Waals surface area contributed by atoms with E-state index in [0.717, 1.165) is 116 Å². The highest BCUT2D eigenvalue weighted by atomic mass is 16.7. The average molecular weight is 1110 g/mol. The van der Waals surface area contributed by atoms with Gasteiger partial charge in [0.1, 0.15) is 24.4 Å². The van der Waals surface area contributed by atoms with Crippen molar-refractivity contribution in [3.05, 3.63) is 146 Å². The van der Waals surface area contributed by atoms with Gasteiger partial charge in [0, 0.05) is 6.42 Å². The van der Waals surface area contributed by atoms with Gasteiger partial charge >= 0.3 is 5.97 Å². The molecule has 452 valence electrons. The minimum atomic E-state index is -1.65. The van der Waals surface area contributed by atoms with Gasteiger partial charge in [0.15, 0.2) is 12.4 Å². The fraction of sp³-hybridized carbons (Fsp3) is 0.623. The number of carbonyl (C=O) groups is 2. The molecule has 1 saturated heterocycles. The number of aliphatic hydroxyl groups is 5. The van der Waals surface area contributed by atoms with Crippen molar-refractivity contribution < 1.29 is 49.3 Å². The van der Waals surface area contributed by atoms with E-state index in [9.17, 15) is 35.1 Å². The molecule has 0 aliphatic carbocycles. The first-order chi connectivity index (χ1) is 39.2. The summed E-state index contributed by atoms with van der Waals surface area (Å²) in [4.78, 5) is 26.5. The lowest BCUT2D eigenvalue weighted by atomic mass is 9.99. The third-order valence-corrected chi connectivity index (χ3v) is 13.6. The highest BCUT2D eigenvalue weighted by Gasteiger charge is 2.47. The Morgan fingerprint density at radius 1 is 0.512 bits per heavy atom. The number of hydrogen-bond donors (Lipinski definition) is 6. The van der Waals surface area contributed by atoms with Crippen LogP contribution in [0, 0.1) is 0 Å². The Labute approximate surface area is 485 Å². The molecule has 1 amide bonds. The monoisotopic (exact) mass is 1110 g/mol. The summed E-state index contributed by atoms with van der Waals surface area (Å²) in [6.45, 7) is 5.46. The van der Waals surface area contributed by atoms with Gasteiger partial charge in [-0.2, -0.15) is 0 Å². The fourth-order valence-corrected chi connectivity index (χ4v) is 8.74. The Bertz CT molecular complexity index is 1850. The van der Waals surface area contributed by atoms with Gasteiger partial charge in [-0.05, 0) is 89.9 Å². The second kappa shape index (κ2) is 55.1. The Kier molecular flexibility index (Phi) is 50.7. The maximum atomic E-state index is 13.4. The minimum Gasteiger partial charge on any atom is -0.454 e. The van der Waals surface area contributed by atoms with E-state index >= 15 is 0 Å². The van der Waals surface area contributed by atoms with Crippen LogP contribution in [0.2, 0.25) is 0 Å². The van der Waals surface area contributed by atoms with Crippen LogP contribution in [-0.2, 0) is 23.8 Å². The van der Waals surface area contributed by atoms with Crippen LogP contribution in [0.3, 0.4) is 0 Å². The number of amides is 1. The van der Waals surface area contributed by atoms with Gasteiger partial charge in [-0.15, -0.1) is 0 Å². The Morgan fingerprint density at radius 3 is 1.49 bits per heavy atom. The molecule has 11 nitrogen and oxygen atoms in total. The zero-order valence-electron chi connectivity index (χ0n) is 49.9. The van der Waals surface area contributed by atoms with Gasteiger partial charge in [0.05, 0.1) is 25.4 Å². The largest absolute Gasteiger partial charge is 0.454 e. The number of allylic oxidation sites excluding steroid dienone is 23. The predicted molar refractivity (Wildman–Crippen MR) is 333 cm³/mol. The van der Waals surface area contributed by atoms with Gasteiger partial charge in [-0.25, -0.2) is 0 Å². The maximum Gasteiger partial charge on any atom is 0.306 e. The van der Waals surface area contributed by atoms with E-state index in [1.807, 2.05) is 60.8 Å². The number of aliphatic hydroxyl groups excluding tert-OH is 5. The summed E-state index contributed by atoms with van der Waals surface area (Å²) >= 11 is 0. The number of ether oxygens (including phenoxy) is 3. The molecule has 0 aromatic heterocycles. The summed E-state index contributed by atoms with van der Waals surface area (Å²) in [5.74, 6) is -1.29. The second-order valence-corrected chi connectivity index (χ2v) is 20.8. The van der Waals surface area contributed by atoms with E-state index in [1.165, 1.54) is 44.9 Å². The number of hydrogen-bond acceptors (Lipinski definition) is 10. The normalized spacial score (nSPS) is 19.8. The highest BCUT2D eigenvalue weighted by molar-refractivity contribution is 5.80. The minimum absolute atomic E-state index is 0.0182. The third-order valence-electron chi connectivity index (χ3n) is 13.6. The quantitative estimate of drug-likeness (QED) is 0.0149. The lowest BCUT2D eigenvalue weighted by Crippen LogP contribution is -2.61. The summed E-state index contributed by atoms with van der Waals surface area (Å²) in [7, 11) is 0. The molecule has 1 aliphatic rings. The maximum absolute atomic E-state index is 13.4. The summed E-state index contributed by atoms with van der Waals surface area (Å²) in [5, 5.41) is 56.9. The molecule has 1 aliphatic heterocycles. The predicted octanol–water partition coefficient (Wildman–Crippen LogP) is 15.0. The van der Waals surface area contributed by atoms with E-state index < -0.39 is 67.4 Å². The van der Waals surface area contributed by atoms with Crippen LogP contribution >= 0.6 is 0 Å². The van der Waals surface area contributed by atoms with Crippen LogP contribution in [0.5, 0.6) is 0 Å². The number of esters is 1. The first-order valence-electron chi connectivity index (χ1n) is 31.2. The Hall–Kier alpha value is -4.46. The molecule has 8 atom stereocenters. The van der Waals surface area contributed by atoms with Crippen molar-refractivity contribution >= 4 is 11.9 Å². The number of carbonyl (C=O) groups excluding carboxylic acids is 2. The van der Waals surface area contributed by atoms with Gasteiger partial charge in [0.2, 0.25) is 5.91 Å². The molecule has 1 rings (SSSR count). The first kappa shape index (κ1) is 73.6. The molecule has 80 heavy (non-hydrogen) atoms. The van der Waals surface area contributed by atoms with Crippen LogP contribution in [0.25, 0.3) is 0 Å². The molecule has 11 heteroatoms. The number of nitrogens with one attached hydrogen (secondary N) is 1. The molecule has 0 aromatic carbocycles. The van der Waals surface area contributed by atoms with Gasteiger partial charge in [-0.1, -0.05) is 263 Å². The Balaban J connectivity index is 2.67. The topological polar surface area (TPSA) is 175 Å². The molecular formula is C69H111NO10. The van der Waals surface area contributed by atoms with Crippen molar-refractivity contribution in [3.63, 3.8) is 0 Å². The van der Waals surface area contributed by atoms with Crippen LogP contribution in [0.4, 0.5) is 0 Å². The lowest BCUT2D eigenvalue weighted by molar-refractivity contribution is -0.305. The standard InChI is InChI=1S/C69H111NO10/c1-4-7-10-13-16-19-22-25-26-27-28-29-30-31-32-33-34-35-36-37-39-41-44-47-50-53-56-62(73)68(77)70-60(61(72)55-52-49-46-43-40-24-21-18-15-12-9-6-3)59-78-69-67(66(76)65(75)63(58-71)79-69)80-64(74)57-54-51-48-45-42-38-23-20-17-14-11-8-5-2/h7-8,10-11,14,16-17,19-20,23,25-26,28-29,31-32,34-35,38,42,45,48,52,55,60-63,65-67,69,71-73,75-76H,4-6,9,12-13,15,18,21-22,24,27,30,33,36-37,39-41,43-44,46-47,49-51,53-54,56-59H2,1-3H3,(H,70,77)/b10-7-,11-8+,17-14+,19-16-,23-20-,26-25-,29-28-,32-31-,35-34-,42-38-,48-45+,55-52+. The van der Waals surface area contributed by atoms with E-state index in [4.69, 9.17) is 14.2 Å². The van der Waals surface area contributed by atoms with Crippen molar-refractivity contribution in [3.8, 4) is 0 Å². The summed E-state index contributed by atoms with van der Waals surface area (Å²) in [5.41, 5.74) is 0. The third kappa shape index (κ3) is 42.4. The zero-order chi connectivity index (χ0) is 58.2. The van der Waals surface area contributed by atoms with E-state index in [1.54, 1.807) is 6.08 Å². The van der Waals surface area contributed by atoms with Gasteiger partial charge in [0.25, 0.3) is 0 Å². The van der Waals surface area contributed by atoms with Crippen molar-refractivity contribution in [2.24, 2.45) is 0 Å².